The van der Waals surface area contributed by atoms with Gasteiger partial charge in [-0.1, -0.05) is 13.8 Å². The van der Waals surface area contributed by atoms with Gasteiger partial charge in [0.2, 0.25) is 11.8 Å². The quantitative estimate of drug-likeness (QED) is 0.0841. The minimum absolute atomic E-state index is 0.0279. The summed E-state index contributed by atoms with van der Waals surface area (Å²) in [5.74, 6) is -1.44. The highest BCUT2D eigenvalue weighted by molar-refractivity contribution is 5.78. The Balaban J connectivity index is 0.00000904. The molecule has 0 spiro atoms. The van der Waals surface area contributed by atoms with Crippen molar-refractivity contribution in [2.75, 3.05) is 119 Å². The molecule has 0 aromatic carbocycles. The zero-order chi connectivity index (χ0) is 33.3. The van der Waals surface area contributed by atoms with E-state index >= 15 is 0 Å². The molecule has 5 N–H and O–H groups in total. The van der Waals surface area contributed by atoms with E-state index in [1.54, 1.807) is 9.80 Å². The molecule has 1 aliphatic heterocycles. The third kappa shape index (κ3) is 22.8. The minimum Gasteiger partial charge on any atom is -0.480 e. The Hall–Kier alpha value is -2.69. The first-order valence-electron chi connectivity index (χ1n) is 15.4. The molecule has 0 saturated carbocycles. The molecule has 0 atom stereocenters. The molecular weight excluding hydrogens is 574 g/mol. The number of aliphatic carboxylic acids is 2. The van der Waals surface area contributed by atoms with E-state index in [4.69, 9.17) is 5.11 Å². The lowest BCUT2D eigenvalue weighted by Crippen LogP contribution is -2.49. The van der Waals surface area contributed by atoms with Crippen LogP contribution in [0, 0.1) is 5.92 Å². The molecule has 1 heterocycles. The SMILES string of the molecule is CC(C)CCCNC(=O)CCN(C)CCNC(=O)CN1CCN(CC=O)CCN(CC(=O)O)CCN(CC(=O)O)CC1.CO. The number of amides is 2. The van der Waals surface area contributed by atoms with Crippen LogP contribution in [-0.2, 0) is 24.0 Å². The van der Waals surface area contributed by atoms with Crippen molar-refractivity contribution in [3.05, 3.63) is 0 Å². The summed E-state index contributed by atoms with van der Waals surface area (Å²) < 4.78 is 0. The summed E-state index contributed by atoms with van der Waals surface area (Å²) in [5, 5.41) is 31.5. The first-order chi connectivity index (χ1) is 21.0. The Bertz CT molecular complexity index is 834. The third-order valence-corrected chi connectivity index (χ3v) is 7.16. The Kier molecular flexibility index (Phi) is 24.1. The number of aliphatic hydroxyl groups excluding tert-OH is 1. The van der Waals surface area contributed by atoms with E-state index in [9.17, 15) is 34.2 Å². The average Bonchev–Trinajstić information content (AvgIpc) is 2.96. The van der Waals surface area contributed by atoms with Gasteiger partial charge in [0.05, 0.1) is 26.2 Å². The Labute approximate surface area is 262 Å². The lowest BCUT2D eigenvalue weighted by atomic mass is 10.1. The van der Waals surface area contributed by atoms with E-state index in [0.717, 1.165) is 26.2 Å². The predicted octanol–water partition coefficient (Wildman–Crippen LogP) is -1.82. The van der Waals surface area contributed by atoms with Gasteiger partial charge in [-0.3, -0.25) is 38.8 Å². The van der Waals surface area contributed by atoms with Crippen molar-refractivity contribution in [2.45, 2.75) is 33.1 Å². The van der Waals surface area contributed by atoms with Crippen LogP contribution in [0.15, 0.2) is 0 Å². The second kappa shape index (κ2) is 25.6. The van der Waals surface area contributed by atoms with Crippen LogP contribution in [0.1, 0.15) is 33.1 Å². The maximum Gasteiger partial charge on any atom is 0.317 e. The summed E-state index contributed by atoms with van der Waals surface area (Å²) in [7, 11) is 2.91. The normalized spacial score (nSPS) is 16.3. The summed E-state index contributed by atoms with van der Waals surface area (Å²) in [4.78, 5) is 68.1. The van der Waals surface area contributed by atoms with E-state index in [0.29, 0.717) is 90.9 Å². The van der Waals surface area contributed by atoms with E-state index in [1.807, 2.05) is 21.7 Å². The second-order valence-electron chi connectivity index (χ2n) is 11.4. The highest BCUT2D eigenvalue weighted by atomic mass is 16.4. The summed E-state index contributed by atoms with van der Waals surface area (Å²) in [6.45, 7) is 10.1. The number of carbonyl (C=O) groups excluding carboxylic acids is 3. The van der Waals surface area contributed by atoms with Crippen molar-refractivity contribution in [2.24, 2.45) is 5.92 Å². The van der Waals surface area contributed by atoms with Gasteiger partial charge in [0.25, 0.3) is 0 Å². The zero-order valence-corrected chi connectivity index (χ0v) is 27.2. The lowest BCUT2D eigenvalue weighted by molar-refractivity contribution is -0.140. The fourth-order valence-corrected chi connectivity index (χ4v) is 4.60. The molecule has 44 heavy (non-hydrogen) atoms. The molecule has 15 nitrogen and oxygen atoms in total. The van der Waals surface area contributed by atoms with Gasteiger partial charge in [-0.15, -0.1) is 0 Å². The summed E-state index contributed by atoms with van der Waals surface area (Å²) >= 11 is 0. The molecule has 1 fully saturated rings. The average molecular weight is 632 g/mol. The first kappa shape index (κ1) is 41.3. The zero-order valence-electron chi connectivity index (χ0n) is 27.2. The van der Waals surface area contributed by atoms with Crippen LogP contribution in [0.4, 0.5) is 0 Å². The number of hydrogen-bond donors (Lipinski definition) is 5. The van der Waals surface area contributed by atoms with Crippen molar-refractivity contribution in [1.82, 2.24) is 35.1 Å². The molecule has 15 heteroatoms. The predicted molar refractivity (Wildman–Crippen MR) is 167 cm³/mol. The van der Waals surface area contributed by atoms with Crippen LogP contribution in [0.3, 0.4) is 0 Å². The number of aldehydes is 1. The van der Waals surface area contributed by atoms with Crippen molar-refractivity contribution in [3.8, 4) is 0 Å². The fraction of sp³-hybridized carbons (Fsp3) is 0.828. The van der Waals surface area contributed by atoms with Gasteiger partial charge >= 0.3 is 11.9 Å². The molecule has 2 amide bonds. The number of carbonyl (C=O) groups is 5. The monoisotopic (exact) mass is 631 g/mol. The van der Waals surface area contributed by atoms with Gasteiger partial charge < -0.3 is 35.6 Å². The molecule has 1 aliphatic rings. The lowest BCUT2D eigenvalue weighted by Gasteiger charge is -2.32. The molecule has 0 bridgehead atoms. The largest absolute Gasteiger partial charge is 0.480 e. The van der Waals surface area contributed by atoms with Gasteiger partial charge in [-0.25, -0.2) is 0 Å². The van der Waals surface area contributed by atoms with Crippen molar-refractivity contribution >= 4 is 30.0 Å². The van der Waals surface area contributed by atoms with E-state index in [1.165, 1.54) is 0 Å². The number of nitrogens with zero attached hydrogens (tertiary/aromatic N) is 5. The fourth-order valence-electron chi connectivity index (χ4n) is 4.60. The van der Waals surface area contributed by atoms with Crippen LogP contribution in [0.5, 0.6) is 0 Å². The molecule has 0 aromatic heterocycles. The number of aliphatic hydroxyl groups is 1. The van der Waals surface area contributed by atoms with Crippen LogP contribution in [0.25, 0.3) is 0 Å². The van der Waals surface area contributed by atoms with Crippen LogP contribution in [0.2, 0.25) is 0 Å². The van der Waals surface area contributed by atoms with Gasteiger partial charge in [0.1, 0.15) is 6.29 Å². The van der Waals surface area contributed by atoms with Crippen molar-refractivity contribution < 1.29 is 39.3 Å². The van der Waals surface area contributed by atoms with E-state index in [2.05, 4.69) is 24.5 Å². The molecule has 256 valence electrons. The Morgan fingerprint density at radius 3 is 1.64 bits per heavy atom. The number of rotatable bonds is 18. The summed E-state index contributed by atoms with van der Waals surface area (Å²) in [6.07, 6.45) is 3.27. The molecule has 1 rings (SSSR count). The van der Waals surface area contributed by atoms with Gasteiger partial charge in [0.15, 0.2) is 0 Å². The highest BCUT2D eigenvalue weighted by Crippen LogP contribution is 2.02. The number of likely N-dealkylation sites (N-methyl/N-ethyl adjacent to an activating group) is 1. The molecular formula is C29H57N7O8. The maximum atomic E-state index is 12.8. The van der Waals surface area contributed by atoms with Gasteiger partial charge in [-0.2, -0.15) is 0 Å². The molecule has 0 radical (unpaired) electrons. The second-order valence-corrected chi connectivity index (χ2v) is 11.4. The van der Waals surface area contributed by atoms with Gasteiger partial charge in [-0.05, 0) is 25.8 Å². The Morgan fingerprint density at radius 2 is 1.18 bits per heavy atom. The van der Waals surface area contributed by atoms with Gasteiger partial charge in [0, 0.05) is 92.1 Å². The van der Waals surface area contributed by atoms with Crippen molar-refractivity contribution in [3.63, 3.8) is 0 Å². The number of hydrogen-bond acceptors (Lipinski definition) is 11. The van der Waals surface area contributed by atoms with Crippen molar-refractivity contribution in [1.29, 1.82) is 0 Å². The first-order valence-corrected chi connectivity index (χ1v) is 15.4. The molecule has 0 unspecified atom stereocenters. The Morgan fingerprint density at radius 1 is 0.727 bits per heavy atom. The molecule has 0 aliphatic carbocycles. The third-order valence-electron chi connectivity index (χ3n) is 7.16. The number of carboxylic acids is 2. The van der Waals surface area contributed by atoms with Crippen LogP contribution >= 0.6 is 0 Å². The maximum absolute atomic E-state index is 12.8. The standard InChI is InChI=1S/C28H53N7O7.CH4O/c1-24(2)5-4-7-29-25(37)6-9-31(3)10-8-30-26(38)21-33-13-11-32(19-20-36)12-14-34(22-27(39)40)17-18-35(16-15-33)23-28(41)42;1-2/h20,24H,4-19,21-23H2,1-3H3,(H,29,37)(H,30,38)(H,39,40)(H,41,42);2H,1H3. The number of nitrogens with one attached hydrogen (secondary N) is 2. The van der Waals surface area contributed by atoms with E-state index in [-0.39, 0.29) is 38.0 Å². The molecule has 0 aromatic rings. The molecule has 1 saturated heterocycles. The minimum atomic E-state index is -0.971. The summed E-state index contributed by atoms with van der Waals surface area (Å²) in [5.41, 5.74) is 0. The smallest absolute Gasteiger partial charge is 0.317 e. The van der Waals surface area contributed by atoms with Crippen LogP contribution < -0.4 is 10.6 Å². The van der Waals surface area contributed by atoms with E-state index < -0.39 is 11.9 Å². The highest BCUT2D eigenvalue weighted by Gasteiger charge is 2.20. The number of carboxylic acid groups (broad SMARTS) is 2. The topological polar surface area (TPSA) is 186 Å². The van der Waals surface area contributed by atoms with Crippen LogP contribution in [-0.4, -0.2) is 189 Å². The summed E-state index contributed by atoms with van der Waals surface area (Å²) in [6, 6.07) is 0.